The quantitative estimate of drug-likeness (QED) is 0.769. The second-order valence-corrected chi connectivity index (χ2v) is 5.04. The van der Waals surface area contributed by atoms with E-state index >= 15 is 0 Å². The van der Waals surface area contributed by atoms with Crippen molar-refractivity contribution in [2.45, 2.75) is 13.1 Å². The average molecular weight is 354 g/mol. The third kappa shape index (κ3) is 3.52. The molecule has 0 saturated heterocycles. The average Bonchev–Trinajstić information content (AvgIpc) is 2.92. The maximum Gasteiger partial charge on any atom is 0.243 e. The Morgan fingerprint density at radius 1 is 1.38 bits per heavy atom. The van der Waals surface area contributed by atoms with E-state index in [2.05, 4.69) is 43.4 Å². The highest BCUT2D eigenvalue weighted by atomic mass is 79.9. The summed E-state index contributed by atoms with van der Waals surface area (Å²) in [5.74, 6) is 1.90. The molecule has 112 valence electrons. The van der Waals surface area contributed by atoms with Gasteiger partial charge in [0.05, 0.1) is 20.8 Å². The zero-order valence-electron chi connectivity index (χ0n) is 11.8. The van der Waals surface area contributed by atoms with E-state index in [-0.39, 0.29) is 0 Å². The molecular formula is C13H16BrN5O2. The fraction of sp³-hybridized carbons (Fsp3) is 0.308. The molecule has 0 saturated carbocycles. The molecule has 1 heterocycles. The zero-order valence-corrected chi connectivity index (χ0v) is 13.4. The van der Waals surface area contributed by atoms with Crippen molar-refractivity contribution in [3.05, 3.63) is 34.8 Å². The van der Waals surface area contributed by atoms with Gasteiger partial charge in [-0.05, 0) is 22.6 Å². The lowest BCUT2D eigenvalue weighted by atomic mass is 10.2. The summed E-state index contributed by atoms with van der Waals surface area (Å²) in [5, 5.41) is 14.6. The number of nitrogens with one attached hydrogen (secondary N) is 1. The van der Waals surface area contributed by atoms with E-state index < -0.39 is 0 Å². The Hall–Kier alpha value is -2.09. The number of tetrazole rings is 1. The van der Waals surface area contributed by atoms with Gasteiger partial charge in [0.2, 0.25) is 5.95 Å². The van der Waals surface area contributed by atoms with E-state index in [1.54, 1.807) is 25.0 Å². The first-order valence-corrected chi connectivity index (χ1v) is 7.00. The van der Waals surface area contributed by atoms with Crippen LogP contribution in [0.4, 0.5) is 5.95 Å². The van der Waals surface area contributed by atoms with Crippen molar-refractivity contribution in [1.29, 1.82) is 0 Å². The molecule has 0 unspecified atom stereocenters. The highest BCUT2D eigenvalue weighted by Crippen LogP contribution is 2.34. The number of halogens is 1. The molecule has 0 fully saturated rings. The summed E-state index contributed by atoms with van der Waals surface area (Å²) >= 11 is 3.45. The summed E-state index contributed by atoms with van der Waals surface area (Å²) < 4.78 is 13.2. The fourth-order valence-electron chi connectivity index (χ4n) is 1.89. The number of methoxy groups -OCH3 is 2. The molecule has 0 spiro atoms. The normalized spacial score (nSPS) is 10.2. The molecule has 0 bridgehead atoms. The molecule has 0 aliphatic rings. The molecule has 0 atom stereocenters. The largest absolute Gasteiger partial charge is 0.493 e. The number of benzene rings is 1. The number of aromatic nitrogens is 4. The minimum atomic E-state index is 0.497. The molecule has 0 amide bonds. The van der Waals surface area contributed by atoms with E-state index in [0.29, 0.717) is 30.5 Å². The lowest BCUT2D eigenvalue weighted by Crippen LogP contribution is -2.09. The first kappa shape index (κ1) is 15.3. The van der Waals surface area contributed by atoms with Crippen LogP contribution in [0.2, 0.25) is 0 Å². The number of rotatable bonds is 7. The SMILES string of the molecule is C=CCn1nnnc1NCc1cc(Br)cc(OC)c1OC. The van der Waals surface area contributed by atoms with Crippen LogP contribution in [-0.2, 0) is 13.1 Å². The lowest BCUT2D eigenvalue weighted by Gasteiger charge is -2.14. The molecule has 0 aliphatic heterocycles. The molecule has 0 aliphatic carbocycles. The topological polar surface area (TPSA) is 74.1 Å². The Bertz CT molecular complexity index is 629. The molecule has 2 aromatic rings. The van der Waals surface area contributed by atoms with Gasteiger partial charge in [0.15, 0.2) is 11.5 Å². The second-order valence-electron chi connectivity index (χ2n) is 4.13. The van der Waals surface area contributed by atoms with Crippen molar-refractivity contribution < 1.29 is 9.47 Å². The van der Waals surface area contributed by atoms with E-state index in [1.807, 2.05) is 12.1 Å². The molecule has 1 aromatic carbocycles. The number of hydrogen-bond donors (Lipinski definition) is 1. The van der Waals surface area contributed by atoms with E-state index in [1.165, 1.54) is 0 Å². The van der Waals surface area contributed by atoms with Gasteiger partial charge in [-0.2, -0.15) is 0 Å². The maximum atomic E-state index is 5.41. The second kappa shape index (κ2) is 7.07. The zero-order chi connectivity index (χ0) is 15.2. The van der Waals surface area contributed by atoms with Crippen LogP contribution in [0.25, 0.3) is 0 Å². The van der Waals surface area contributed by atoms with Gasteiger partial charge < -0.3 is 14.8 Å². The third-order valence-electron chi connectivity index (χ3n) is 2.79. The van der Waals surface area contributed by atoms with Gasteiger partial charge in [-0.15, -0.1) is 6.58 Å². The first-order chi connectivity index (χ1) is 10.2. The van der Waals surface area contributed by atoms with Gasteiger partial charge in [0, 0.05) is 16.6 Å². The summed E-state index contributed by atoms with van der Waals surface area (Å²) in [6, 6.07) is 3.81. The highest BCUT2D eigenvalue weighted by molar-refractivity contribution is 9.10. The van der Waals surface area contributed by atoms with E-state index in [4.69, 9.17) is 9.47 Å². The summed E-state index contributed by atoms with van der Waals surface area (Å²) in [6.45, 7) is 4.70. The lowest BCUT2D eigenvalue weighted by molar-refractivity contribution is 0.352. The molecule has 7 nitrogen and oxygen atoms in total. The molecule has 2 rings (SSSR count). The van der Waals surface area contributed by atoms with Gasteiger partial charge in [-0.1, -0.05) is 27.1 Å². The molecule has 0 radical (unpaired) electrons. The van der Waals surface area contributed by atoms with Crippen LogP contribution >= 0.6 is 15.9 Å². The molecule has 21 heavy (non-hydrogen) atoms. The standard InChI is InChI=1S/C13H16BrN5O2/c1-4-5-19-13(16-17-18-19)15-8-9-6-10(14)7-11(20-2)12(9)21-3/h4,6-7H,1,5,8H2,2-3H3,(H,15,16,18). The predicted molar refractivity (Wildman–Crippen MR) is 82.6 cm³/mol. The number of anilines is 1. The molecule has 8 heteroatoms. The molecular weight excluding hydrogens is 338 g/mol. The maximum absolute atomic E-state index is 5.41. The Labute approximate surface area is 131 Å². The molecule has 1 N–H and O–H groups in total. The summed E-state index contributed by atoms with van der Waals surface area (Å²) in [6.07, 6.45) is 1.73. The fourth-order valence-corrected chi connectivity index (χ4v) is 2.37. The van der Waals surface area contributed by atoms with Crippen molar-refractivity contribution in [3.63, 3.8) is 0 Å². The summed E-state index contributed by atoms with van der Waals surface area (Å²) in [5.41, 5.74) is 0.928. The first-order valence-electron chi connectivity index (χ1n) is 6.21. The van der Waals surface area contributed by atoms with Crippen molar-refractivity contribution >= 4 is 21.9 Å². The van der Waals surface area contributed by atoms with Gasteiger partial charge in [-0.3, -0.25) is 0 Å². The number of hydrogen-bond acceptors (Lipinski definition) is 6. The summed E-state index contributed by atoms with van der Waals surface area (Å²) in [4.78, 5) is 0. The third-order valence-corrected chi connectivity index (χ3v) is 3.25. The minimum absolute atomic E-state index is 0.497. The van der Waals surface area contributed by atoms with Crippen LogP contribution < -0.4 is 14.8 Å². The van der Waals surface area contributed by atoms with Crippen LogP contribution in [0.15, 0.2) is 29.3 Å². The van der Waals surface area contributed by atoms with Gasteiger partial charge >= 0.3 is 0 Å². The highest BCUT2D eigenvalue weighted by Gasteiger charge is 2.13. The number of allylic oxidation sites excluding steroid dienone is 1. The number of nitrogens with zero attached hydrogens (tertiary/aromatic N) is 4. The van der Waals surface area contributed by atoms with E-state index in [9.17, 15) is 0 Å². The molecule has 1 aromatic heterocycles. The minimum Gasteiger partial charge on any atom is -0.493 e. The van der Waals surface area contributed by atoms with Crippen molar-refractivity contribution in [2.24, 2.45) is 0 Å². The van der Waals surface area contributed by atoms with Crippen LogP contribution in [0.3, 0.4) is 0 Å². The van der Waals surface area contributed by atoms with Gasteiger partial charge in [-0.25, -0.2) is 4.68 Å². The Morgan fingerprint density at radius 2 is 2.19 bits per heavy atom. The van der Waals surface area contributed by atoms with Crippen molar-refractivity contribution in [3.8, 4) is 11.5 Å². The van der Waals surface area contributed by atoms with Gasteiger partial charge in [0.1, 0.15) is 0 Å². The van der Waals surface area contributed by atoms with Crippen LogP contribution in [0.1, 0.15) is 5.56 Å². The van der Waals surface area contributed by atoms with Crippen molar-refractivity contribution in [2.75, 3.05) is 19.5 Å². The predicted octanol–water partition coefficient (Wildman–Crippen LogP) is 2.25. The summed E-state index contributed by atoms with van der Waals surface area (Å²) in [7, 11) is 3.21. The Balaban J connectivity index is 2.21. The van der Waals surface area contributed by atoms with Crippen LogP contribution in [0, 0.1) is 0 Å². The smallest absolute Gasteiger partial charge is 0.243 e. The van der Waals surface area contributed by atoms with Crippen LogP contribution in [0.5, 0.6) is 11.5 Å². The van der Waals surface area contributed by atoms with E-state index in [0.717, 1.165) is 10.0 Å². The van der Waals surface area contributed by atoms with Crippen molar-refractivity contribution in [1.82, 2.24) is 20.2 Å². The Kier molecular flexibility index (Phi) is 5.15. The van der Waals surface area contributed by atoms with Gasteiger partial charge in [0.25, 0.3) is 0 Å². The number of ether oxygens (including phenoxy) is 2. The van der Waals surface area contributed by atoms with Crippen LogP contribution in [-0.4, -0.2) is 34.4 Å². The monoisotopic (exact) mass is 353 g/mol. The Morgan fingerprint density at radius 3 is 2.86 bits per heavy atom.